The molecule has 0 saturated carbocycles. The van der Waals surface area contributed by atoms with Gasteiger partial charge in [0.1, 0.15) is 0 Å². The largest absolute Gasteiger partial charge is 0.416 e. The molecule has 2 nitrogen and oxygen atoms in total. The van der Waals surface area contributed by atoms with E-state index in [0.717, 1.165) is 17.4 Å². The minimum atomic E-state index is -4.51. The molecule has 1 N–H and O–H groups in total. The van der Waals surface area contributed by atoms with Gasteiger partial charge in [-0.15, -0.1) is 0 Å². The van der Waals surface area contributed by atoms with Crippen LogP contribution in [0.2, 0.25) is 0 Å². The maximum Gasteiger partial charge on any atom is 0.416 e. The number of nitrogens with zero attached hydrogens (tertiary/aromatic N) is 1. The number of nitrogens with one attached hydrogen (secondary N) is 1. The number of anilines is 1. The van der Waals surface area contributed by atoms with Crippen molar-refractivity contribution in [3.8, 4) is 0 Å². The minimum Gasteiger partial charge on any atom is -0.369 e. The smallest absolute Gasteiger partial charge is 0.369 e. The van der Waals surface area contributed by atoms with Crippen LogP contribution in [-0.2, 0) is 12.7 Å². The van der Waals surface area contributed by atoms with Gasteiger partial charge in [0.15, 0.2) is 0 Å². The highest BCUT2D eigenvalue weighted by Gasteiger charge is 2.33. The Labute approximate surface area is 120 Å². The second-order valence-corrected chi connectivity index (χ2v) is 4.79. The number of rotatable bonds is 7. The lowest BCUT2D eigenvalue weighted by atomic mass is 10.1. The Morgan fingerprint density at radius 3 is 2.43 bits per heavy atom. The molecule has 0 aliphatic rings. The zero-order valence-corrected chi connectivity index (χ0v) is 12.0. The van der Waals surface area contributed by atoms with Gasteiger partial charge >= 0.3 is 6.18 Å². The van der Waals surface area contributed by atoms with E-state index in [0.29, 0.717) is 6.54 Å². The first-order chi connectivity index (χ1) is 9.75. The first-order valence-electron chi connectivity index (χ1n) is 6.65. The monoisotopic (exact) mass is 310 g/mol. The third-order valence-electron chi connectivity index (χ3n) is 2.99. The molecule has 1 aromatic rings. The first-order valence-corrected chi connectivity index (χ1v) is 6.65. The van der Waals surface area contributed by atoms with E-state index in [1.807, 2.05) is 6.92 Å². The van der Waals surface area contributed by atoms with Gasteiger partial charge in [0.05, 0.1) is 12.1 Å². The van der Waals surface area contributed by atoms with E-state index in [9.17, 15) is 22.0 Å². The molecule has 120 valence electrons. The molecular formula is C14H19F5N2. The van der Waals surface area contributed by atoms with Crippen LogP contribution in [0.5, 0.6) is 0 Å². The highest BCUT2D eigenvalue weighted by molar-refractivity contribution is 5.51. The van der Waals surface area contributed by atoms with E-state index < -0.39 is 24.7 Å². The standard InChI is InChI=1S/C14H19F5N2/c1-3-6-20-8-10-4-5-11(21(2)9-13(15)16)7-12(10)14(17,18)19/h4-5,7,13,20H,3,6,8-9H2,1-2H3. The molecule has 0 heterocycles. The van der Waals surface area contributed by atoms with Gasteiger partial charge < -0.3 is 10.2 Å². The van der Waals surface area contributed by atoms with Gasteiger partial charge in [0.2, 0.25) is 0 Å². The van der Waals surface area contributed by atoms with Crippen LogP contribution in [0.15, 0.2) is 18.2 Å². The van der Waals surface area contributed by atoms with Crippen LogP contribution in [0.4, 0.5) is 27.6 Å². The van der Waals surface area contributed by atoms with E-state index in [-0.39, 0.29) is 17.8 Å². The van der Waals surface area contributed by atoms with Crippen molar-refractivity contribution in [3.63, 3.8) is 0 Å². The molecule has 7 heteroatoms. The Balaban J connectivity index is 3.01. The van der Waals surface area contributed by atoms with Gasteiger partial charge in [-0.25, -0.2) is 8.78 Å². The van der Waals surface area contributed by atoms with Gasteiger partial charge in [-0.3, -0.25) is 0 Å². The Hall–Kier alpha value is -1.37. The number of hydrogen-bond acceptors (Lipinski definition) is 2. The van der Waals surface area contributed by atoms with Crippen molar-refractivity contribution in [2.75, 3.05) is 25.0 Å². The predicted octanol–water partition coefficient (Wildman–Crippen LogP) is 3.91. The Morgan fingerprint density at radius 2 is 1.90 bits per heavy atom. The summed E-state index contributed by atoms with van der Waals surface area (Å²) in [6.45, 7) is 2.02. The molecule has 0 spiro atoms. The highest BCUT2D eigenvalue weighted by atomic mass is 19.4. The maximum atomic E-state index is 13.1. The van der Waals surface area contributed by atoms with Crippen LogP contribution in [0.1, 0.15) is 24.5 Å². The molecule has 0 aromatic heterocycles. The molecule has 0 aliphatic heterocycles. The van der Waals surface area contributed by atoms with Crippen molar-refractivity contribution >= 4 is 5.69 Å². The summed E-state index contributed by atoms with van der Waals surface area (Å²) >= 11 is 0. The summed E-state index contributed by atoms with van der Waals surface area (Å²) in [7, 11) is 1.34. The maximum absolute atomic E-state index is 13.1. The van der Waals surface area contributed by atoms with Gasteiger partial charge in [-0.2, -0.15) is 13.2 Å². The van der Waals surface area contributed by atoms with Crippen LogP contribution in [0.25, 0.3) is 0 Å². The second-order valence-electron chi connectivity index (χ2n) is 4.79. The molecule has 0 bridgehead atoms. The van der Waals surface area contributed by atoms with Crippen molar-refractivity contribution < 1.29 is 22.0 Å². The molecule has 0 radical (unpaired) electrons. The molecule has 0 fully saturated rings. The van der Waals surface area contributed by atoms with Crippen molar-refractivity contribution in [1.82, 2.24) is 5.32 Å². The third-order valence-corrected chi connectivity index (χ3v) is 2.99. The molecule has 21 heavy (non-hydrogen) atoms. The molecule has 0 unspecified atom stereocenters. The second kappa shape index (κ2) is 7.59. The van der Waals surface area contributed by atoms with Crippen LogP contribution >= 0.6 is 0 Å². The minimum absolute atomic E-state index is 0.0987. The number of hydrogen-bond donors (Lipinski definition) is 1. The van der Waals surface area contributed by atoms with Crippen molar-refractivity contribution in [1.29, 1.82) is 0 Å². The van der Waals surface area contributed by atoms with Gasteiger partial charge in [0, 0.05) is 19.3 Å². The Morgan fingerprint density at radius 1 is 1.24 bits per heavy atom. The topological polar surface area (TPSA) is 15.3 Å². The van der Waals surface area contributed by atoms with Gasteiger partial charge in [0.25, 0.3) is 6.43 Å². The van der Waals surface area contributed by atoms with E-state index in [1.165, 1.54) is 19.2 Å². The van der Waals surface area contributed by atoms with Crippen LogP contribution in [-0.4, -0.2) is 26.6 Å². The summed E-state index contributed by atoms with van der Waals surface area (Å²) < 4.78 is 63.8. The first kappa shape index (κ1) is 17.7. The zero-order chi connectivity index (χ0) is 16.0. The van der Waals surface area contributed by atoms with Crippen LogP contribution in [0.3, 0.4) is 0 Å². The number of benzene rings is 1. The van der Waals surface area contributed by atoms with Crippen molar-refractivity contribution in [3.05, 3.63) is 29.3 Å². The Bertz CT molecular complexity index is 445. The summed E-state index contributed by atoms with van der Waals surface area (Å²) in [5.41, 5.74) is -0.545. The van der Waals surface area contributed by atoms with Crippen molar-refractivity contribution in [2.45, 2.75) is 32.5 Å². The van der Waals surface area contributed by atoms with E-state index in [4.69, 9.17) is 0 Å². The fourth-order valence-corrected chi connectivity index (χ4v) is 1.93. The SMILES string of the molecule is CCCNCc1ccc(N(C)CC(F)F)cc1C(F)(F)F. The van der Waals surface area contributed by atoms with Gasteiger partial charge in [-0.1, -0.05) is 13.0 Å². The Kier molecular flexibility index (Phi) is 6.39. The molecule has 1 rings (SSSR count). The molecule has 0 atom stereocenters. The summed E-state index contributed by atoms with van der Waals surface area (Å²) in [6, 6.07) is 3.69. The average Bonchev–Trinajstić information content (AvgIpc) is 2.37. The number of alkyl halides is 5. The van der Waals surface area contributed by atoms with E-state index in [2.05, 4.69) is 5.32 Å². The summed E-state index contributed by atoms with van der Waals surface area (Å²) in [6.07, 6.45) is -6.29. The average molecular weight is 310 g/mol. The van der Waals surface area contributed by atoms with Crippen LogP contribution < -0.4 is 10.2 Å². The fourth-order valence-electron chi connectivity index (χ4n) is 1.93. The predicted molar refractivity (Wildman–Crippen MR) is 72.7 cm³/mol. The molecule has 0 aliphatic carbocycles. The van der Waals surface area contributed by atoms with E-state index >= 15 is 0 Å². The highest BCUT2D eigenvalue weighted by Crippen LogP contribution is 2.34. The fraction of sp³-hybridized carbons (Fsp3) is 0.571. The normalized spacial score (nSPS) is 12.0. The summed E-state index contributed by atoms with van der Waals surface area (Å²) in [4.78, 5) is 1.11. The number of halogens is 5. The zero-order valence-electron chi connectivity index (χ0n) is 12.0. The lowest BCUT2D eigenvalue weighted by Gasteiger charge is -2.22. The molecular weight excluding hydrogens is 291 g/mol. The lowest BCUT2D eigenvalue weighted by Crippen LogP contribution is -2.25. The van der Waals surface area contributed by atoms with Gasteiger partial charge in [-0.05, 0) is 30.7 Å². The van der Waals surface area contributed by atoms with Crippen molar-refractivity contribution in [2.24, 2.45) is 0 Å². The summed E-state index contributed by atoms with van der Waals surface area (Å²) in [5, 5.41) is 2.91. The molecule has 0 saturated heterocycles. The molecule has 1 aromatic carbocycles. The quantitative estimate of drug-likeness (QED) is 0.607. The third kappa shape index (κ3) is 5.49. The van der Waals surface area contributed by atoms with E-state index in [1.54, 1.807) is 0 Å². The summed E-state index contributed by atoms with van der Waals surface area (Å²) in [5.74, 6) is 0. The molecule has 0 amide bonds. The van der Waals surface area contributed by atoms with Crippen LogP contribution in [0, 0.1) is 0 Å². The lowest BCUT2D eigenvalue weighted by molar-refractivity contribution is -0.138.